The van der Waals surface area contributed by atoms with Crippen LogP contribution in [0, 0.1) is 6.92 Å². The number of rotatable bonds is 3. The largest absolute Gasteiger partial charge is 0.437 e. The number of nitrogens with one attached hydrogen (secondary N) is 1. The lowest BCUT2D eigenvalue weighted by Gasteiger charge is -2.07. The fourth-order valence-electron chi connectivity index (χ4n) is 1.75. The van der Waals surface area contributed by atoms with Crippen LogP contribution in [0.1, 0.15) is 30.3 Å². The smallest absolute Gasteiger partial charge is 0.254 e. The summed E-state index contributed by atoms with van der Waals surface area (Å²) in [6.45, 7) is 1.85. The quantitative estimate of drug-likeness (QED) is 0.896. The van der Waals surface area contributed by atoms with E-state index in [9.17, 15) is 4.79 Å². The van der Waals surface area contributed by atoms with Gasteiger partial charge in [0.2, 0.25) is 5.88 Å². The van der Waals surface area contributed by atoms with Crippen LogP contribution in [0.3, 0.4) is 0 Å². The predicted molar refractivity (Wildman–Crippen MR) is 65.9 cm³/mol. The summed E-state index contributed by atoms with van der Waals surface area (Å²) in [4.78, 5) is 22.7. The van der Waals surface area contributed by atoms with E-state index in [1.807, 2.05) is 13.0 Å². The predicted octanol–water partition coefficient (Wildman–Crippen LogP) is 2.14. The molecule has 2 aromatic heterocycles. The van der Waals surface area contributed by atoms with Crippen molar-refractivity contribution in [2.45, 2.75) is 25.7 Å². The third-order valence-corrected chi connectivity index (χ3v) is 2.87. The molecule has 0 amide bonds. The van der Waals surface area contributed by atoms with Gasteiger partial charge in [-0.25, -0.2) is 0 Å². The zero-order valence-electron chi connectivity index (χ0n) is 10.0. The topological polar surface area (TPSA) is 67.9 Å². The maximum absolute atomic E-state index is 11.5. The minimum Gasteiger partial charge on any atom is -0.437 e. The fourth-order valence-corrected chi connectivity index (χ4v) is 1.75. The molecule has 18 heavy (non-hydrogen) atoms. The van der Waals surface area contributed by atoms with E-state index >= 15 is 0 Å². The molecule has 1 aliphatic rings. The van der Waals surface area contributed by atoms with E-state index in [1.54, 1.807) is 12.3 Å². The molecule has 1 N–H and O–H groups in total. The Kier molecular flexibility index (Phi) is 2.59. The molecule has 0 saturated heterocycles. The molecule has 5 nitrogen and oxygen atoms in total. The van der Waals surface area contributed by atoms with Gasteiger partial charge in [0.25, 0.3) is 5.56 Å². The first-order chi connectivity index (χ1) is 8.72. The highest BCUT2D eigenvalue weighted by Gasteiger charge is 2.26. The Morgan fingerprint density at radius 2 is 2.28 bits per heavy atom. The van der Waals surface area contributed by atoms with E-state index in [0.29, 0.717) is 17.5 Å². The number of H-pyrrole nitrogens is 1. The van der Waals surface area contributed by atoms with Gasteiger partial charge in [-0.05, 0) is 31.9 Å². The van der Waals surface area contributed by atoms with Gasteiger partial charge in [-0.3, -0.25) is 9.78 Å². The first-order valence-corrected chi connectivity index (χ1v) is 5.93. The molecule has 5 heteroatoms. The van der Waals surface area contributed by atoms with Crippen LogP contribution in [0.5, 0.6) is 11.6 Å². The third-order valence-electron chi connectivity index (χ3n) is 2.87. The highest BCUT2D eigenvalue weighted by molar-refractivity contribution is 5.30. The van der Waals surface area contributed by atoms with E-state index in [0.717, 1.165) is 24.4 Å². The summed E-state index contributed by atoms with van der Waals surface area (Å²) >= 11 is 0. The normalized spacial score (nSPS) is 14.5. The Bertz CT molecular complexity index is 632. The SMILES string of the molecule is Cc1ncccc1Oc1cc(=O)[nH]c(C2CC2)n1. The van der Waals surface area contributed by atoms with Gasteiger partial charge in [0.05, 0.1) is 11.8 Å². The molecule has 0 radical (unpaired) electrons. The monoisotopic (exact) mass is 243 g/mol. The van der Waals surface area contributed by atoms with Gasteiger partial charge in [-0.1, -0.05) is 0 Å². The molecular formula is C13H13N3O2. The highest BCUT2D eigenvalue weighted by Crippen LogP contribution is 2.38. The number of hydrogen-bond acceptors (Lipinski definition) is 4. The summed E-state index contributed by atoms with van der Waals surface area (Å²) in [7, 11) is 0. The van der Waals surface area contributed by atoms with Crippen molar-refractivity contribution >= 4 is 0 Å². The lowest BCUT2D eigenvalue weighted by atomic mass is 10.3. The van der Waals surface area contributed by atoms with Gasteiger partial charge in [0.15, 0.2) is 5.75 Å². The highest BCUT2D eigenvalue weighted by atomic mass is 16.5. The van der Waals surface area contributed by atoms with Gasteiger partial charge in [0.1, 0.15) is 5.82 Å². The average molecular weight is 243 g/mol. The van der Waals surface area contributed by atoms with Crippen LogP contribution in [0.2, 0.25) is 0 Å². The Hall–Kier alpha value is -2.17. The summed E-state index contributed by atoms with van der Waals surface area (Å²) in [6.07, 6.45) is 3.86. The van der Waals surface area contributed by atoms with Crippen molar-refractivity contribution < 1.29 is 4.74 Å². The molecule has 1 fully saturated rings. The molecule has 0 atom stereocenters. The number of hydrogen-bond donors (Lipinski definition) is 1. The second kappa shape index (κ2) is 4.25. The van der Waals surface area contributed by atoms with Crippen molar-refractivity contribution in [1.82, 2.24) is 15.0 Å². The summed E-state index contributed by atoms with van der Waals surface area (Å²) < 4.78 is 5.61. The van der Waals surface area contributed by atoms with Crippen LogP contribution < -0.4 is 10.3 Å². The maximum atomic E-state index is 11.5. The molecule has 3 rings (SSSR count). The Balaban J connectivity index is 1.93. The van der Waals surface area contributed by atoms with E-state index in [-0.39, 0.29) is 5.56 Å². The number of aromatic amines is 1. The number of nitrogens with zero attached hydrogens (tertiary/aromatic N) is 2. The van der Waals surface area contributed by atoms with Crippen LogP contribution >= 0.6 is 0 Å². The van der Waals surface area contributed by atoms with Gasteiger partial charge in [0, 0.05) is 12.1 Å². The molecule has 1 saturated carbocycles. The van der Waals surface area contributed by atoms with Crippen molar-refractivity contribution in [2.24, 2.45) is 0 Å². The zero-order chi connectivity index (χ0) is 12.5. The average Bonchev–Trinajstić information content (AvgIpc) is 3.15. The molecule has 0 aliphatic heterocycles. The van der Waals surface area contributed by atoms with Crippen LogP contribution in [0.4, 0.5) is 0 Å². The van der Waals surface area contributed by atoms with Crippen molar-refractivity contribution in [3.05, 3.63) is 46.3 Å². The zero-order valence-corrected chi connectivity index (χ0v) is 10.0. The standard InChI is InChI=1S/C13H13N3O2/c1-8-10(3-2-6-14-8)18-12-7-11(17)15-13(16-12)9-4-5-9/h2-3,6-7,9H,4-5H2,1H3,(H,15,16,17). The molecule has 0 aromatic carbocycles. The Labute approximate surface area is 104 Å². The Morgan fingerprint density at radius 1 is 1.44 bits per heavy atom. The second-order valence-electron chi connectivity index (χ2n) is 4.43. The summed E-state index contributed by atoms with van der Waals surface area (Å²) in [6, 6.07) is 4.96. The third kappa shape index (κ3) is 2.25. The molecule has 0 spiro atoms. The lowest BCUT2D eigenvalue weighted by Crippen LogP contribution is -2.10. The molecular weight excluding hydrogens is 230 g/mol. The van der Waals surface area contributed by atoms with E-state index < -0.39 is 0 Å². The lowest BCUT2D eigenvalue weighted by molar-refractivity contribution is 0.451. The summed E-state index contributed by atoms with van der Waals surface area (Å²) in [5, 5.41) is 0. The molecule has 0 bridgehead atoms. The van der Waals surface area contributed by atoms with Crippen molar-refractivity contribution in [1.29, 1.82) is 0 Å². The van der Waals surface area contributed by atoms with Gasteiger partial charge >= 0.3 is 0 Å². The molecule has 2 heterocycles. The molecule has 92 valence electrons. The first-order valence-electron chi connectivity index (χ1n) is 5.93. The molecule has 2 aromatic rings. The first kappa shape index (κ1) is 11.0. The number of aryl methyl sites for hydroxylation is 1. The summed E-state index contributed by atoms with van der Waals surface area (Å²) in [5.41, 5.74) is 0.594. The van der Waals surface area contributed by atoms with E-state index in [1.165, 1.54) is 6.07 Å². The molecule has 0 unspecified atom stereocenters. The van der Waals surface area contributed by atoms with Crippen molar-refractivity contribution in [2.75, 3.05) is 0 Å². The second-order valence-corrected chi connectivity index (χ2v) is 4.43. The van der Waals surface area contributed by atoms with Crippen LogP contribution in [-0.4, -0.2) is 15.0 Å². The van der Waals surface area contributed by atoms with Crippen LogP contribution in [-0.2, 0) is 0 Å². The van der Waals surface area contributed by atoms with E-state index in [2.05, 4.69) is 15.0 Å². The van der Waals surface area contributed by atoms with Crippen molar-refractivity contribution in [3.63, 3.8) is 0 Å². The Morgan fingerprint density at radius 3 is 3.00 bits per heavy atom. The summed E-state index contributed by atoms with van der Waals surface area (Å²) in [5.74, 6) is 2.06. The van der Waals surface area contributed by atoms with Gasteiger partial charge in [-0.15, -0.1) is 0 Å². The minimum atomic E-state index is -0.177. The maximum Gasteiger partial charge on any atom is 0.254 e. The van der Waals surface area contributed by atoms with Crippen LogP contribution in [0.15, 0.2) is 29.2 Å². The number of pyridine rings is 1. The van der Waals surface area contributed by atoms with Gasteiger partial charge < -0.3 is 9.72 Å². The number of ether oxygens (including phenoxy) is 1. The van der Waals surface area contributed by atoms with Crippen molar-refractivity contribution in [3.8, 4) is 11.6 Å². The fraction of sp³-hybridized carbons (Fsp3) is 0.308. The minimum absolute atomic E-state index is 0.177. The number of aromatic nitrogens is 3. The van der Waals surface area contributed by atoms with E-state index in [4.69, 9.17) is 4.74 Å². The molecule has 1 aliphatic carbocycles. The van der Waals surface area contributed by atoms with Crippen LogP contribution in [0.25, 0.3) is 0 Å². The van der Waals surface area contributed by atoms with Gasteiger partial charge in [-0.2, -0.15) is 4.98 Å².